The summed E-state index contributed by atoms with van der Waals surface area (Å²) in [7, 11) is 0. The number of nitrogens with zero attached hydrogens (tertiary/aromatic N) is 5. The van der Waals surface area contributed by atoms with Crippen molar-refractivity contribution < 1.29 is 0 Å². The molecule has 0 saturated heterocycles. The lowest BCUT2D eigenvalue weighted by molar-refractivity contribution is 0.410. The predicted molar refractivity (Wildman–Crippen MR) is 485 cm³/mol. The number of hydrogen-bond acceptors (Lipinski definition) is 9. The van der Waals surface area contributed by atoms with Gasteiger partial charge in [0.25, 0.3) is 0 Å². The molecular weight excluding hydrogens is 1410 g/mol. The largest absolute Gasteiger partial charge is 0.256 e. The van der Waals surface area contributed by atoms with Crippen LogP contribution in [-0.2, 0) is 31.1 Å². The first-order chi connectivity index (χ1) is 52.0. The normalized spacial score (nSPS) is 12.4. The van der Waals surface area contributed by atoms with Crippen LogP contribution >= 0.6 is 45.3 Å². The number of aromatic nitrogens is 5. The van der Waals surface area contributed by atoms with E-state index in [1.165, 1.54) is 172 Å². The molecule has 8 heterocycles. The number of hydrogen-bond donors (Lipinski definition) is 0. The first kappa shape index (κ1) is 77.4. The molecule has 17 aromatic rings. The summed E-state index contributed by atoms with van der Waals surface area (Å²) >= 11 is 7.43. The fraction of sp³-hybridized carbons (Fsp3) is 0.297. The summed E-state index contributed by atoms with van der Waals surface area (Å²) < 4.78 is 5.42. The van der Waals surface area contributed by atoms with Gasteiger partial charge in [0, 0.05) is 111 Å². The van der Waals surface area contributed by atoms with Gasteiger partial charge in [-0.25, -0.2) is 4.98 Å². The molecule has 9 heteroatoms. The molecule has 0 bridgehead atoms. The molecule has 110 heavy (non-hydrogen) atoms. The molecule has 0 spiro atoms. The van der Waals surface area contributed by atoms with Gasteiger partial charge in [0.1, 0.15) is 0 Å². The van der Waals surface area contributed by atoms with Crippen molar-refractivity contribution in [2.24, 2.45) is 21.7 Å². The molecule has 17 rings (SSSR count). The second-order valence-electron chi connectivity index (χ2n) is 36.7. The lowest BCUT2D eigenvalue weighted by Crippen LogP contribution is -2.12. The Morgan fingerprint density at radius 2 is 0.591 bits per heavy atom. The Hall–Kier alpha value is -9.35. The van der Waals surface area contributed by atoms with E-state index in [2.05, 4.69) is 325 Å². The van der Waals surface area contributed by atoms with E-state index in [1.807, 2.05) is 70.1 Å². The van der Waals surface area contributed by atoms with Crippen molar-refractivity contribution in [3.8, 4) is 45.0 Å². The smallest absolute Gasteiger partial charge is 0.0944 e. The maximum absolute atomic E-state index is 4.88. The summed E-state index contributed by atoms with van der Waals surface area (Å²) in [5.41, 5.74) is 24.8. The maximum atomic E-state index is 4.88. The summed E-state index contributed by atoms with van der Waals surface area (Å²) in [4.78, 5) is 24.0. The molecule has 0 amide bonds. The number of fused-ring (bicyclic) bond motifs is 13. The third-order valence-corrected chi connectivity index (χ3v) is 24.6. The van der Waals surface area contributed by atoms with E-state index in [0.717, 1.165) is 54.0 Å². The van der Waals surface area contributed by atoms with Gasteiger partial charge in [0.05, 0.1) is 38.0 Å². The lowest BCUT2D eigenvalue weighted by atomic mass is 9.82. The van der Waals surface area contributed by atoms with Gasteiger partial charge in [0.15, 0.2) is 0 Å². The van der Waals surface area contributed by atoms with E-state index in [1.54, 1.807) is 0 Å². The molecule has 8 aromatic heterocycles. The van der Waals surface area contributed by atoms with Crippen LogP contribution in [0.15, 0.2) is 205 Å². The molecule has 558 valence electrons. The van der Waals surface area contributed by atoms with Gasteiger partial charge in [-0.15, -0.1) is 45.3 Å². The van der Waals surface area contributed by atoms with E-state index in [4.69, 9.17) is 24.9 Å². The van der Waals surface area contributed by atoms with Gasteiger partial charge >= 0.3 is 0 Å². The molecule has 0 fully saturated rings. The van der Waals surface area contributed by atoms with Crippen LogP contribution in [0.5, 0.6) is 0 Å². The lowest BCUT2D eigenvalue weighted by Gasteiger charge is -2.23. The highest BCUT2D eigenvalue weighted by Crippen LogP contribution is 2.45. The van der Waals surface area contributed by atoms with Crippen LogP contribution in [-0.4, -0.2) is 24.9 Å². The fourth-order valence-corrected chi connectivity index (χ4v) is 20.8. The van der Waals surface area contributed by atoms with Gasteiger partial charge in [-0.05, 0) is 238 Å². The Morgan fingerprint density at radius 3 is 0.927 bits per heavy atom. The van der Waals surface area contributed by atoms with Gasteiger partial charge in [-0.3, -0.25) is 19.9 Å². The van der Waals surface area contributed by atoms with Gasteiger partial charge in [0.2, 0.25) is 0 Å². The maximum Gasteiger partial charge on any atom is 0.0944 e. The summed E-state index contributed by atoms with van der Waals surface area (Å²) in [5, 5.41) is 25.2. The zero-order valence-corrected chi connectivity index (χ0v) is 71.6. The van der Waals surface area contributed by atoms with Gasteiger partial charge < -0.3 is 0 Å². The van der Waals surface area contributed by atoms with Crippen molar-refractivity contribution in [1.82, 2.24) is 24.9 Å². The van der Waals surface area contributed by atoms with Crippen LogP contribution < -0.4 is 0 Å². The number of thiophene rings is 3. The Kier molecular flexibility index (Phi) is 21.4. The fourth-order valence-electron chi connectivity index (χ4n) is 16.1. The SMILES string of the molecule is CC(C)(C)Cc1csc2c1ccc1c(-c3cc(C(C)(C)C)c4ccccc4c3)nccc12.Cc1cc(C)cc(-c2nccc3c2ccc2c(CC(C)(C)C)csc23)c1.Cc1cc(C)cc(-c2nccc3c2ccc2c(CC(C)(C)C)csc23)c1.Cc1cc(C)cc(-c2nccc3c2ccc2nc(CC(C)(C)C)sc23)c1. The molecule has 0 atom stereocenters. The van der Waals surface area contributed by atoms with Crippen molar-refractivity contribution in [1.29, 1.82) is 0 Å². The highest BCUT2D eigenvalue weighted by Gasteiger charge is 2.24. The van der Waals surface area contributed by atoms with E-state index in [9.17, 15) is 0 Å². The number of benzene rings is 9. The predicted octanol–water partition coefficient (Wildman–Crippen LogP) is 30.5. The number of aryl methyl sites for hydroxylation is 6. The van der Waals surface area contributed by atoms with Crippen LogP contribution in [0.1, 0.15) is 164 Å². The Bertz CT molecular complexity index is 5960. The van der Waals surface area contributed by atoms with Gasteiger partial charge in [-0.2, -0.15) is 0 Å². The summed E-state index contributed by atoms with van der Waals surface area (Å²) in [6.07, 6.45) is 12.1. The Labute approximate surface area is 668 Å². The van der Waals surface area contributed by atoms with Crippen LogP contribution in [0.4, 0.5) is 0 Å². The summed E-state index contributed by atoms with van der Waals surface area (Å²) in [6, 6.07) is 60.1. The minimum atomic E-state index is 0.0586. The van der Waals surface area contributed by atoms with Crippen LogP contribution in [0.25, 0.3) is 139 Å². The first-order valence-electron chi connectivity index (χ1n) is 38.9. The highest BCUT2D eigenvalue weighted by molar-refractivity contribution is 7.20. The van der Waals surface area contributed by atoms with Crippen molar-refractivity contribution in [3.63, 3.8) is 0 Å². The second-order valence-corrected chi connectivity index (χ2v) is 40.4. The van der Waals surface area contributed by atoms with Crippen molar-refractivity contribution in [3.05, 3.63) is 265 Å². The average molecular weight is 1520 g/mol. The van der Waals surface area contributed by atoms with E-state index < -0.39 is 0 Å². The molecule has 5 nitrogen and oxygen atoms in total. The minimum Gasteiger partial charge on any atom is -0.256 e. The number of rotatable bonds is 8. The van der Waals surface area contributed by atoms with Crippen LogP contribution in [0.3, 0.4) is 0 Å². The second kappa shape index (κ2) is 30.4. The molecule has 0 aliphatic rings. The Balaban J connectivity index is 0.000000123. The molecule has 0 radical (unpaired) electrons. The standard InChI is InChI=1S/C30H31NS.2C24H25NS.C23H24N2S/c1-29(2,3)17-21-18-32-28-23(21)11-12-24-25(28)13-14-31-27(24)20-15-19-9-7-8-10-22(19)26(16-20)30(4,5)6;2*1-15-10-16(2)12-17(11-15)22-20-7-6-19-18(13-24(3,4)5)14-26-23(19)21(20)8-9-25-22;1-14-10-15(2)12-16(11-14)21-17-6-7-19-22(18(17)8-9-24-21)26-20(25-19)13-23(3,4)5/h7-16,18H,17H2,1-6H3;2*6-12,14H,13H2,1-5H3;6-12H,13H2,1-5H3. The molecule has 9 aromatic carbocycles. The average Bonchev–Trinajstić information content (AvgIpc) is 1.34. The van der Waals surface area contributed by atoms with E-state index >= 15 is 0 Å². The molecule has 0 unspecified atom stereocenters. The van der Waals surface area contributed by atoms with Crippen molar-refractivity contribution in [2.75, 3.05) is 0 Å². The van der Waals surface area contributed by atoms with E-state index in [0.29, 0.717) is 10.8 Å². The Morgan fingerprint density at radius 1 is 0.282 bits per heavy atom. The zero-order chi connectivity index (χ0) is 78.1. The van der Waals surface area contributed by atoms with Crippen LogP contribution in [0.2, 0.25) is 0 Å². The monoisotopic (exact) mass is 1520 g/mol. The minimum absolute atomic E-state index is 0.0586. The molecule has 0 N–H and O–H groups in total. The molecular formula is C101H105N5S4. The van der Waals surface area contributed by atoms with E-state index in [-0.39, 0.29) is 16.2 Å². The number of thiazole rings is 1. The molecule has 0 aliphatic heterocycles. The summed E-state index contributed by atoms with van der Waals surface area (Å²) in [5.74, 6) is 0. The summed E-state index contributed by atoms with van der Waals surface area (Å²) in [6.45, 7) is 47.3. The topological polar surface area (TPSA) is 64.5 Å². The van der Waals surface area contributed by atoms with Crippen molar-refractivity contribution in [2.45, 2.75) is 176 Å². The number of pyridine rings is 4. The van der Waals surface area contributed by atoms with Gasteiger partial charge in [-0.1, -0.05) is 216 Å². The first-order valence-corrected chi connectivity index (χ1v) is 42.3. The third kappa shape index (κ3) is 17.1. The zero-order valence-electron chi connectivity index (χ0n) is 68.3. The van der Waals surface area contributed by atoms with Crippen molar-refractivity contribution >= 4 is 140 Å². The molecule has 0 saturated carbocycles. The highest BCUT2D eigenvalue weighted by atomic mass is 32.1. The quantitative estimate of drug-likeness (QED) is 0.152. The molecule has 0 aliphatic carbocycles. The van der Waals surface area contributed by atoms with Crippen LogP contribution in [0, 0.1) is 63.2 Å². The third-order valence-electron chi connectivity index (χ3n) is 20.3.